The zero-order chi connectivity index (χ0) is 17.3. The molecular formula is C17H28N2O4. The average molecular weight is 324 g/mol. The summed E-state index contributed by atoms with van der Waals surface area (Å²) in [4.78, 5) is 11.5. The van der Waals surface area contributed by atoms with Crippen LogP contribution in [0.4, 0.5) is 4.79 Å². The SMILES string of the molecule is CCOC(OCC)c1ccc(CNNC(=O)OC(C)(C)C)cc1. The van der Waals surface area contributed by atoms with Crippen molar-refractivity contribution < 1.29 is 19.0 Å². The molecule has 0 fully saturated rings. The van der Waals surface area contributed by atoms with Crippen LogP contribution in [-0.2, 0) is 20.8 Å². The molecule has 6 heteroatoms. The van der Waals surface area contributed by atoms with Crippen LogP contribution in [0.3, 0.4) is 0 Å². The smallest absolute Gasteiger partial charge is 0.422 e. The number of hydrogen-bond donors (Lipinski definition) is 2. The standard InChI is InChI=1S/C17H28N2O4/c1-6-21-15(22-7-2)14-10-8-13(9-11-14)12-18-19-16(20)23-17(3,4)5/h8-11,15,18H,6-7,12H2,1-5H3,(H,19,20). The molecule has 6 nitrogen and oxygen atoms in total. The molecule has 2 N–H and O–H groups in total. The van der Waals surface area contributed by atoms with Gasteiger partial charge in [-0.3, -0.25) is 5.43 Å². The highest BCUT2D eigenvalue weighted by atomic mass is 16.7. The van der Waals surface area contributed by atoms with Gasteiger partial charge in [0.25, 0.3) is 0 Å². The Morgan fingerprint density at radius 2 is 1.65 bits per heavy atom. The Morgan fingerprint density at radius 3 is 2.13 bits per heavy atom. The molecule has 0 saturated carbocycles. The summed E-state index contributed by atoms with van der Waals surface area (Å²) in [7, 11) is 0. The second-order valence-electron chi connectivity index (χ2n) is 5.96. The Balaban J connectivity index is 2.46. The lowest BCUT2D eigenvalue weighted by molar-refractivity contribution is -0.140. The van der Waals surface area contributed by atoms with Crippen LogP contribution >= 0.6 is 0 Å². The summed E-state index contributed by atoms with van der Waals surface area (Å²) in [6.45, 7) is 11.0. The minimum absolute atomic E-state index is 0.341. The number of ether oxygens (including phenoxy) is 3. The number of hydrazine groups is 1. The fraction of sp³-hybridized carbons (Fsp3) is 0.588. The van der Waals surface area contributed by atoms with E-state index in [9.17, 15) is 4.79 Å². The number of rotatable bonds is 8. The van der Waals surface area contributed by atoms with Crippen LogP contribution in [0.15, 0.2) is 24.3 Å². The summed E-state index contributed by atoms with van der Waals surface area (Å²) < 4.78 is 16.2. The largest absolute Gasteiger partial charge is 0.443 e. The van der Waals surface area contributed by atoms with Crippen molar-refractivity contribution in [3.63, 3.8) is 0 Å². The molecule has 0 saturated heterocycles. The second-order valence-corrected chi connectivity index (χ2v) is 5.96. The second kappa shape index (κ2) is 9.50. The molecule has 1 aromatic rings. The molecule has 1 aromatic carbocycles. The molecule has 0 atom stereocenters. The topological polar surface area (TPSA) is 68.8 Å². The molecule has 1 rings (SSSR count). The van der Waals surface area contributed by atoms with E-state index in [1.54, 1.807) is 0 Å². The fourth-order valence-corrected chi connectivity index (χ4v) is 1.86. The van der Waals surface area contributed by atoms with Gasteiger partial charge in [0.05, 0.1) is 0 Å². The monoisotopic (exact) mass is 324 g/mol. The Bertz CT molecular complexity index is 462. The van der Waals surface area contributed by atoms with Gasteiger partial charge >= 0.3 is 6.09 Å². The van der Waals surface area contributed by atoms with E-state index in [0.29, 0.717) is 19.8 Å². The van der Waals surface area contributed by atoms with Crippen molar-refractivity contribution >= 4 is 6.09 Å². The van der Waals surface area contributed by atoms with E-state index in [4.69, 9.17) is 14.2 Å². The van der Waals surface area contributed by atoms with Crippen LogP contribution in [0, 0.1) is 0 Å². The zero-order valence-electron chi connectivity index (χ0n) is 14.6. The third kappa shape index (κ3) is 7.97. The number of amides is 1. The molecule has 0 aromatic heterocycles. The lowest BCUT2D eigenvalue weighted by atomic mass is 10.1. The van der Waals surface area contributed by atoms with E-state index in [2.05, 4.69) is 10.9 Å². The van der Waals surface area contributed by atoms with Crippen LogP contribution in [0.2, 0.25) is 0 Å². The van der Waals surface area contributed by atoms with Gasteiger partial charge < -0.3 is 14.2 Å². The Hall–Kier alpha value is -1.63. The quantitative estimate of drug-likeness (QED) is 0.567. The number of carbonyl (C=O) groups is 1. The lowest BCUT2D eigenvalue weighted by Gasteiger charge is -2.20. The third-order valence-electron chi connectivity index (χ3n) is 2.77. The van der Waals surface area contributed by atoms with Crippen molar-refractivity contribution in [1.29, 1.82) is 0 Å². The van der Waals surface area contributed by atoms with Crippen LogP contribution in [0.1, 0.15) is 52.0 Å². The van der Waals surface area contributed by atoms with Gasteiger partial charge in [-0.2, -0.15) is 0 Å². The Labute approximate surface area is 138 Å². The van der Waals surface area contributed by atoms with E-state index < -0.39 is 11.7 Å². The molecule has 0 heterocycles. The first-order valence-electron chi connectivity index (χ1n) is 7.89. The summed E-state index contributed by atoms with van der Waals surface area (Å²) in [5.74, 6) is 0. The average Bonchev–Trinajstić information content (AvgIpc) is 2.46. The van der Waals surface area contributed by atoms with E-state index in [1.807, 2.05) is 58.9 Å². The van der Waals surface area contributed by atoms with Gasteiger partial charge in [0.15, 0.2) is 6.29 Å². The molecule has 0 aliphatic heterocycles. The maximum Gasteiger partial charge on any atom is 0.422 e. The number of carbonyl (C=O) groups excluding carboxylic acids is 1. The molecule has 1 amide bonds. The van der Waals surface area contributed by atoms with Crippen molar-refractivity contribution in [2.45, 2.75) is 53.1 Å². The normalized spacial score (nSPS) is 11.6. The van der Waals surface area contributed by atoms with Gasteiger partial charge in [0.1, 0.15) is 5.60 Å². The Kier molecular flexibility index (Phi) is 8.02. The highest BCUT2D eigenvalue weighted by molar-refractivity contribution is 5.66. The molecule has 23 heavy (non-hydrogen) atoms. The van der Waals surface area contributed by atoms with E-state index >= 15 is 0 Å². The summed E-state index contributed by atoms with van der Waals surface area (Å²) in [6, 6.07) is 7.84. The van der Waals surface area contributed by atoms with Gasteiger partial charge in [0.2, 0.25) is 0 Å². The zero-order valence-corrected chi connectivity index (χ0v) is 14.6. The predicted molar refractivity (Wildman–Crippen MR) is 88.6 cm³/mol. The molecular weight excluding hydrogens is 296 g/mol. The van der Waals surface area contributed by atoms with Crippen LogP contribution in [-0.4, -0.2) is 24.9 Å². The highest BCUT2D eigenvalue weighted by Crippen LogP contribution is 2.19. The first-order valence-corrected chi connectivity index (χ1v) is 7.89. The van der Waals surface area contributed by atoms with E-state index in [1.165, 1.54) is 0 Å². The van der Waals surface area contributed by atoms with Crippen molar-refractivity contribution in [3.8, 4) is 0 Å². The van der Waals surface area contributed by atoms with Gasteiger partial charge in [-0.15, -0.1) is 0 Å². The minimum atomic E-state index is -0.513. The van der Waals surface area contributed by atoms with E-state index in [0.717, 1.165) is 11.1 Å². The van der Waals surface area contributed by atoms with Crippen molar-refractivity contribution in [1.82, 2.24) is 10.9 Å². The van der Waals surface area contributed by atoms with E-state index in [-0.39, 0.29) is 6.29 Å². The number of hydrogen-bond acceptors (Lipinski definition) is 5. The summed E-state index contributed by atoms with van der Waals surface area (Å²) in [5.41, 5.74) is 6.82. The molecule has 0 spiro atoms. The summed E-state index contributed by atoms with van der Waals surface area (Å²) in [5, 5.41) is 0. The molecule has 0 aliphatic carbocycles. The summed E-state index contributed by atoms with van der Waals surface area (Å²) in [6.07, 6.45) is -0.839. The first kappa shape index (κ1) is 19.4. The molecule has 130 valence electrons. The maximum absolute atomic E-state index is 11.5. The molecule has 0 aliphatic rings. The fourth-order valence-electron chi connectivity index (χ4n) is 1.86. The molecule has 0 radical (unpaired) electrons. The van der Waals surface area contributed by atoms with Gasteiger partial charge in [-0.1, -0.05) is 24.3 Å². The van der Waals surface area contributed by atoms with Gasteiger partial charge in [0, 0.05) is 25.3 Å². The maximum atomic E-state index is 11.5. The number of nitrogens with one attached hydrogen (secondary N) is 2. The van der Waals surface area contributed by atoms with Gasteiger partial charge in [-0.25, -0.2) is 10.2 Å². The first-order chi connectivity index (χ1) is 10.9. The van der Waals surface area contributed by atoms with Crippen molar-refractivity contribution in [2.75, 3.05) is 13.2 Å². The van der Waals surface area contributed by atoms with Crippen molar-refractivity contribution in [3.05, 3.63) is 35.4 Å². The van der Waals surface area contributed by atoms with Crippen LogP contribution in [0.5, 0.6) is 0 Å². The van der Waals surface area contributed by atoms with Crippen molar-refractivity contribution in [2.24, 2.45) is 0 Å². The van der Waals surface area contributed by atoms with Crippen LogP contribution in [0.25, 0.3) is 0 Å². The molecule has 0 bridgehead atoms. The van der Waals surface area contributed by atoms with Crippen LogP contribution < -0.4 is 10.9 Å². The Morgan fingerprint density at radius 1 is 1.09 bits per heavy atom. The lowest BCUT2D eigenvalue weighted by Crippen LogP contribution is -2.40. The predicted octanol–water partition coefficient (Wildman–Crippen LogP) is 3.29. The highest BCUT2D eigenvalue weighted by Gasteiger charge is 2.15. The molecule has 0 unspecified atom stereocenters. The van der Waals surface area contributed by atoms with Gasteiger partial charge in [-0.05, 0) is 40.2 Å². The summed E-state index contributed by atoms with van der Waals surface area (Å²) >= 11 is 0. The minimum Gasteiger partial charge on any atom is -0.443 e. The number of benzene rings is 1. The third-order valence-corrected chi connectivity index (χ3v) is 2.77.